The van der Waals surface area contributed by atoms with E-state index in [9.17, 15) is 0 Å². The van der Waals surface area contributed by atoms with Gasteiger partial charge in [0.05, 0.1) is 22.4 Å². The normalized spacial score (nSPS) is 11.6. The summed E-state index contributed by atoms with van der Waals surface area (Å²) in [6, 6.07) is 70.4. The van der Waals surface area contributed by atoms with Crippen molar-refractivity contribution in [3.05, 3.63) is 194 Å². The molecule has 9 aromatic carbocycles. The van der Waals surface area contributed by atoms with Gasteiger partial charge in [0.2, 0.25) is 0 Å². The van der Waals surface area contributed by atoms with Gasteiger partial charge < -0.3 is 9.47 Å². The average molecular weight is 637 g/mol. The Morgan fingerprint density at radius 3 is 1.72 bits per heavy atom. The molecule has 0 saturated carbocycles. The quantitative estimate of drug-likeness (QED) is 0.165. The number of para-hydroxylation sites is 1. The largest absolute Gasteiger partial charge is 0.310 e. The molecule has 2 heteroatoms. The van der Waals surface area contributed by atoms with E-state index in [1.165, 1.54) is 71.3 Å². The Morgan fingerprint density at radius 1 is 0.360 bits per heavy atom. The maximum atomic E-state index is 2.46. The molecule has 0 unspecified atom stereocenters. The third-order valence-corrected chi connectivity index (χ3v) is 10.1. The zero-order valence-electron chi connectivity index (χ0n) is 27.4. The lowest BCUT2D eigenvalue weighted by Crippen LogP contribution is -2.10. The van der Waals surface area contributed by atoms with E-state index < -0.39 is 0 Å². The van der Waals surface area contributed by atoms with Gasteiger partial charge in [-0.2, -0.15) is 0 Å². The van der Waals surface area contributed by atoms with Crippen LogP contribution >= 0.6 is 0 Å². The van der Waals surface area contributed by atoms with Crippen molar-refractivity contribution in [2.45, 2.75) is 0 Å². The molecule has 0 aliphatic heterocycles. The summed E-state index contributed by atoms with van der Waals surface area (Å²) in [6.45, 7) is 0. The summed E-state index contributed by atoms with van der Waals surface area (Å²) in [5, 5.41) is 7.62. The number of rotatable bonds is 6. The minimum atomic E-state index is 1.11. The molecule has 1 heterocycles. The standard InChI is InChI=1S/C48H32N2/c1-2-12-33(13-3-1)34-28-30-39(31-29-34)49(43-23-9-15-35-14-4-5-20-41(35)43)40-19-8-18-38(32-40)42-21-6-7-22-44(42)50-45-24-10-16-36-26-27-37-17-11-25-46(50)48(37)47(36)45/h1-32H. The molecule has 0 aliphatic carbocycles. The first-order valence-electron chi connectivity index (χ1n) is 17.2. The molecular weight excluding hydrogens is 605 g/mol. The third-order valence-electron chi connectivity index (χ3n) is 10.1. The Kier molecular flexibility index (Phi) is 6.53. The lowest BCUT2D eigenvalue weighted by Gasteiger charge is -2.27. The van der Waals surface area contributed by atoms with E-state index in [4.69, 9.17) is 0 Å². The second-order valence-electron chi connectivity index (χ2n) is 13.0. The van der Waals surface area contributed by atoms with Crippen LogP contribution in [0.25, 0.3) is 71.3 Å². The van der Waals surface area contributed by atoms with Gasteiger partial charge in [-0.05, 0) is 81.4 Å². The number of hydrogen-bond acceptors (Lipinski definition) is 1. The average Bonchev–Trinajstić information content (AvgIpc) is 3.54. The summed E-state index contributed by atoms with van der Waals surface area (Å²) in [5.41, 5.74) is 11.8. The number of aromatic nitrogens is 1. The van der Waals surface area contributed by atoms with Gasteiger partial charge in [-0.3, -0.25) is 0 Å². The molecule has 0 saturated heterocycles. The van der Waals surface area contributed by atoms with Crippen LogP contribution in [0.3, 0.4) is 0 Å². The van der Waals surface area contributed by atoms with Crippen LogP contribution in [-0.4, -0.2) is 4.57 Å². The zero-order valence-corrected chi connectivity index (χ0v) is 27.4. The van der Waals surface area contributed by atoms with Crippen LogP contribution < -0.4 is 4.90 Å². The van der Waals surface area contributed by atoms with Crippen molar-refractivity contribution in [3.63, 3.8) is 0 Å². The predicted octanol–water partition coefficient (Wildman–Crippen LogP) is 13.3. The predicted molar refractivity (Wildman–Crippen MR) is 213 cm³/mol. The van der Waals surface area contributed by atoms with Gasteiger partial charge in [0.25, 0.3) is 0 Å². The second-order valence-corrected chi connectivity index (χ2v) is 13.0. The van der Waals surface area contributed by atoms with Crippen molar-refractivity contribution in [2.75, 3.05) is 4.90 Å². The topological polar surface area (TPSA) is 8.17 Å². The van der Waals surface area contributed by atoms with Crippen LogP contribution in [0.15, 0.2) is 194 Å². The maximum absolute atomic E-state index is 2.46. The Bertz CT molecular complexity index is 2740. The molecule has 0 spiro atoms. The van der Waals surface area contributed by atoms with E-state index in [0.29, 0.717) is 0 Å². The molecule has 0 bridgehead atoms. The van der Waals surface area contributed by atoms with Gasteiger partial charge in [-0.1, -0.05) is 146 Å². The fraction of sp³-hybridized carbons (Fsp3) is 0. The highest BCUT2D eigenvalue weighted by Crippen LogP contribution is 2.43. The summed E-state index contributed by atoms with van der Waals surface area (Å²) in [7, 11) is 0. The van der Waals surface area contributed by atoms with Crippen molar-refractivity contribution in [3.8, 4) is 27.9 Å². The molecule has 2 nitrogen and oxygen atoms in total. The van der Waals surface area contributed by atoms with E-state index in [1.54, 1.807) is 0 Å². The van der Waals surface area contributed by atoms with Crippen molar-refractivity contribution in [1.82, 2.24) is 4.57 Å². The molecule has 0 radical (unpaired) electrons. The highest BCUT2D eigenvalue weighted by atomic mass is 15.1. The lowest BCUT2D eigenvalue weighted by atomic mass is 10.0. The van der Waals surface area contributed by atoms with Crippen LogP contribution in [0.2, 0.25) is 0 Å². The zero-order chi connectivity index (χ0) is 33.0. The first-order chi connectivity index (χ1) is 24.8. The van der Waals surface area contributed by atoms with E-state index >= 15 is 0 Å². The van der Waals surface area contributed by atoms with E-state index in [1.807, 2.05) is 0 Å². The van der Waals surface area contributed by atoms with Crippen LogP contribution in [-0.2, 0) is 0 Å². The van der Waals surface area contributed by atoms with E-state index in [0.717, 1.165) is 17.1 Å². The van der Waals surface area contributed by atoms with Crippen LogP contribution in [0.4, 0.5) is 17.1 Å². The molecule has 10 rings (SSSR count). The molecular formula is C48H32N2. The van der Waals surface area contributed by atoms with Gasteiger partial charge in [0.1, 0.15) is 0 Å². The summed E-state index contributed by atoms with van der Waals surface area (Å²) in [6.07, 6.45) is 0. The fourth-order valence-corrected chi connectivity index (χ4v) is 7.87. The van der Waals surface area contributed by atoms with Crippen molar-refractivity contribution in [1.29, 1.82) is 0 Å². The monoisotopic (exact) mass is 636 g/mol. The summed E-state index contributed by atoms with van der Waals surface area (Å²) in [5.74, 6) is 0. The van der Waals surface area contributed by atoms with Gasteiger partial charge in [-0.25, -0.2) is 0 Å². The van der Waals surface area contributed by atoms with Gasteiger partial charge in [0.15, 0.2) is 0 Å². The Labute approximate surface area is 291 Å². The van der Waals surface area contributed by atoms with E-state index in [2.05, 4.69) is 204 Å². The summed E-state index contributed by atoms with van der Waals surface area (Å²) >= 11 is 0. The number of nitrogens with zero attached hydrogens (tertiary/aromatic N) is 2. The Balaban J connectivity index is 1.17. The van der Waals surface area contributed by atoms with Crippen LogP contribution in [0.5, 0.6) is 0 Å². The third kappa shape index (κ3) is 4.50. The SMILES string of the molecule is c1ccc(-c2ccc(N(c3cccc(-c4ccccc4-n4c5cccc6ccc7cccc4c7c65)c3)c3cccc4ccccc34)cc2)cc1. The minimum Gasteiger partial charge on any atom is -0.310 e. The molecule has 1 aromatic heterocycles. The first-order valence-corrected chi connectivity index (χ1v) is 17.2. The fourth-order valence-electron chi connectivity index (χ4n) is 7.87. The molecule has 0 amide bonds. The number of fused-ring (bicyclic) bond motifs is 1. The molecule has 10 aromatic rings. The van der Waals surface area contributed by atoms with Gasteiger partial charge >= 0.3 is 0 Å². The van der Waals surface area contributed by atoms with E-state index in [-0.39, 0.29) is 0 Å². The van der Waals surface area contributed by atoms with Gasteiger partial charge in [-0.15, -0.1) is 0 Å². The highest BCUT2D eigenvalue weighted by Gasteiger charge is 2.20. The molecule has 0 fully saturated rings. The summed E-state index contributed by atoms with van der Waals surface area (Å²) < 4.78 is 2.46. The lowest BCUT2D eigenvalue weighted by molar-refractivity contribution is 1.18. The number of anilines is 3. The first kappa shape index (κ1) is 28.4. The molecule has 0 atom stereocenters. The Morgan fingerprint density at radius 2 is 0.940 bits per heavy atom. The van der Waals surface area contributed by atoms with Crippen molar-refractivity contribution >= 4 is 60.4 Å². The summed E-state index contributed by atoms with van der Waals surface area (Å²) in [4.78, 5) is 2.40. The highest BCUT2D eigenvalue weighted by molar-refractivity contribution is 6.24. The minimum absolute atomic E-state index is 1.11. The molecule has 50 heavy (non-hydrogen) atoms. The second kappa shape index (κ2) is 11.5. The van der Waals surface area contributed by atoms with Crippen LogP contribution in [0.1, 0.15) is 0 Å². The molecule has 0 N–H and O–H groups in total. The maximum Gasteiger partial charge on any atom is 0.0547 e. The smallest absolute Gasteiger partial charge is 0.0547 e. The van der Waals surface area contributed by atoms with Gasteiger partial charge in [0, 0.05) is 33.1 Å². The van der Waals surface area contributed by atoms with Crippen molar-refractivity contribution < 1.29 is 0 Å². The number of hydrogen-bond donors (Lipinski definition) is 0. The number of benzene rings is 9. The molecule has 0 aliphatic rings. The van der Waals surface area contributed by atoms with Crippen LogP contribution in [0, 0.1) is 0 Å². The Hall–Kier alpha value is -6.64. The molecule has 234 valence electrons. The van der Waals surface area contributed by atoms with Crippen molar-refractivity contribution in [2.24, 2.45) is 0 Å².